The molecule has 0 aliphatic carbocycles. The fraction of sp³-hybridized carbons (Fsp3) is 0.429. The highest BCUT2D eigenvalue weighted by molar-refractivity contribution is 6.00. The molecule has 0 spiro atoms. The Morgan fingerprint density at radius 3 is 3.21 bits per heavy atom. The fourth-order valence-electron chi connectivity index (χ4n) is 3.17. The lowest BCUT2D eigenvalue weighted by molar-refractivity contribution is 0.318. The predicted octanol–water partition coefficient (Wildman–Crippen LogP) is 2.23. The molecule has 1 saturated heterocycles. The first kappa shape index (κ1) is 11.0. The average Bonchev–Trinajstić information content (AvgIpc) is 3.04. The number of piperidine rings is 1. The summed E-state index contributed by atoms with van der Waals surface area (Å²) in [6.07, 6.45) is 8.08. The molecule has 4 heterocycles. The highest BCUT2D eigenvalue weighted by Crippen LogP contribution is 2.29. The Balaban J connectivity index is 1.91. The normalized spacial score (nSPS) is 24.3. The summed E-state index contributed by atoms with van der Waals surface area (Å²) in [4.78, 5) is 12.1. The van der Waals surface area contributed by atoms with Crippen molar-refractivity contribution in [1.82, 2.24) is 24.8 Å². The van der Waals surface area contributed by atoms with Crippen LogP contribution in [0.3, 0.4) is 0 Å². The van der Waals surface area contributed by atoms with Crippen molar-refractivity contribution in [2.75, 3.05) is 6.54 Å². The van der Waals surface area contributed by atoms with Crippen molar-refractivity contribution in [1.29, 1.82) is 0 Å². The number of hydrogen-bond donors (Lipinski definition) is 2. The Labute approximate surface area is 111 Å². The van der Waals surface area contributed by atoms with E-state index >= 15 is 0 Å². The van der Waals surface area contributed by atoms with Gasteiger partial charge in [0.15, 0.2) is 0 Å². The van der Waals surface area contributed by atoms with E-state index in [-0.39, 0.29) is 0 Å². The first-order valence-corrected chi connectivity index (χ1v) is 6.85. The molecule has 1 fully saturated rings. The van der Waals surface area contributed by atoms with E-state index in [0.29, 0.717) is 12.1 Å². The van der Waals surface area contributed by atoms with Gasteiger partial charge in [0.25, 0.3) is 0 Å². The lowest BCUT2D eigenvalue weighted by atomic mass is 10.0. The zero-order valence-electron chi connectivity index (χ0n) is 10.9. The molecule has 19 heavy (non-hydrogen) atoms. The zero-order valence-corrected chi connectivity index (χ0v) is 10.9. The van der Waals surface area contributed by atoms with Gasteiger partial charge in [0.2, 0.25) is 0 Å². The summed E-state index contributed by atoms with van der Waals surface area (Å²) in [6, 6.07) is 3.19. The van der Waals surface area contributed by atoms with Gasteiger partial charge < -0.3 is 14.9 Å². The summed E-state index contributed by atoms with van der Waals surface area (Å²) >= 11 is 0. The number of rotatable bonds is 1. The number of nitrogens with zero attached hydrogens (tertiary/aromatic N) is 3. The van der Waals surface area contributed by atoms with Crippen LogP contribution < -0.4 is 5.32 Å². The molecule has 0 saturated carbocycles. The summed E-state index contributed by atoms with van der Waals surface area (Å²) in [7, 11) is 0. The van der Waals surface area contributed by atoms with Crippen molar-refractivity contribution in [2.45, 2.75) is 31.8 Å². The maximum absolute atomic E-state index is 4.51. The van der Waals surface area contributed by atoms with Gasteiger partial charge in [0.05, 0.1) is 18.0 Å². The van der Waals surface area contributed by atoms with Crippen molar-refractivity contribution in [3.05, 3.63) is 24.8 Å². The van der Waals surface area contributed by atoms with E-state index in [1.807, 2.05) is 18.7 Å². The Morgan fingerprint density at radius 1 is 1.37 bits per heavy atom. The molecule has 5 nitrogen and oxygen atoms in total. The van der Waals surface area contributed by atoms with E-state index < -0.39 is 0 Å². The summed E-state index contributed by atoms with van der Waals surface area (Å²) in [5.74, 6) is 0. The average molecular weight is 255 g/mol. The summed E-state index contributed by atoms with van der Waals surface area (Å²) in [5.41, 5.74) is 3.14. The number of pyridine rings is 1. The topological polar surface area (TPSA) is 58.5 Å². The molecular weight excluding hydrogens is 238 g/mol. The molecule has 2 N–H and O–H groups in total. The van der Waals surface area contributed by atoms with E-state index in [9.17, 15) is 0 Å². The van der Waals surface area contributed by atoms with Crippen molar-refractivity contribution >= 4 is 22.1 Å². The van der Waals surface area contributed by atoms with E-state index in [1.54, 1.807) is 0 Å². The van der Waals surface area contributed by atoms with Crippen LogP contribution >= 0.6 is 0 Å². The highest BCUT2D eigenvalue weighted by atomic mass is 15.1. The Kier molecular flexibility index (Phi) is 2.35. The SMILES string of the molecule is C[C@H]1C[C@H](n2cnc3cnc4[nH]ccc4c32)CCN1. The van der Waals surface area contributed by atoms with E-state index in [1.165, 1.54) is 10.9 Å². The van der Waals surface area contributed by atoms with E-state index in [2.05, 4.69) is 37.8 Å². The lowest BCUT2D eigenvalue weighted by Crippen LogP contribution is -2.36. The minimum atomic E-state index is 0.529. The number of nitrogens with one attached hydrogen (secondary N) is 2. The Morgan fingerprint density at radius 2 is 2.32 bits per heavy atom. The molecule has 5 heteroatoms. The second-order valence-electron chi connectivity index (χ2n) is 5.42. The van der Waals surface area contributed by atoms with Crippen LogP contribution in [0.1, 0.15) is 25.8 Å². The van der Waals surface area contributed by atoms with Crippen LogP contribution in [0.15, 0.2) is 24.8 Å². The van der Waals surface area contributed by atoms with E-state index in [4.69, 9.17) is 0 Å². The first-order valence-electron chi connectivity index (χ1n) is 6.85. The van der Waals surface area contributed by atoms with Gasteiger partial charge in [-0.1, -0.05) is 0 Å². The van der Waals surface area contributed by atoms with Gasteiger partial charge in [0, 0.05) is 23.7 Å². The molecule has 0 radical (unpaired) electrons. The van der Waals surface area contributed by atoms with Crippen LogP contribution in [0.4, 0.5) is 0 Å². The monoisotopic (exact) mass is 255 g/mol. The Hall–Kier alpha value is -1.88. The molecule has 3 aromatic rings. The van der Waals surface area contributed by atoms with Gasteiger partial charge in [-0.2, -0.15) is 0 Å². The van der Waals surface area contributed by atoms with Crippen LogP contribution in [0, 0.1) is 0 Å². The van der Waals surface area contributed by atoms with Crippen molar-refractivity contribution < 1.29 is 0 Å². The third kappa shape index (κ3) is 1.65. The zero-order chi connectivity index (χ0) is 12.8. The molecule has 2 atom stereocenters. The minimum absolute atomic E-state index is 0.529. The lowest BCUT2D eigenvalue weighted by Gasteiger charge is -2.29. The van der Waals surface area contributed by atoms with Crippen molar-refractivity contribution in [3.63, 3.8) is 0 Å². The van der Waals surface area contributed by atoms with Crippen molar-refractivity contribution in [2.24, 2.45) is 0 Å². The minimum Gasteiger partial charge on any atom is -0.346 e. The van der Waals surface area contributed by atoms with Gasteiger partial charge >= 0.3 is 0 Å². The number of aromatic amines is 1. The van der Waals surface area contributed by atoms with Crippen LogP contribution in [0.5, 0.6) is 0 Å². The largest absolute Gasteiger partial charge is 0.346 e. The number of imidazole rings is 1. The van der Waals surface area contributed by atoms with Crippen molar-refractivity contribution in [3.8, 4) is 0 Å². The second kappa shape index (κ2) is 4.06. The molecule has 3 aromatic heterocycles. The number of aromatic nitrogens is 4. The second-order valence-corrected chi connectivity index (χ2v) is 5.42. The standard InChI is InChI=1S/C14H17N5/c1-9-6-10(2-4-15-9)19-8-18-12-7-17-14-11(13(12)19)3-5-16-14/h3,5,7-10,15H,2,4,6H2,1H3,(H,16,17)/t9-,10+/m0/s1. The molecule has 0 aromatic carbocycles. The molecule has 1 aliphatic heterocycles. The van der Waals surface area contributed by atoms with Crippen LogP contribution in [-0.2, 0) is 0 Å². The molecule has 4 rings (SSSR count). The van der Waals surface area contributed by atoms with Crippen LogP contribution in [0.25, 0.3) is 22.1 Å². The number of fused-ring (bicyclic) bond motifs is 3. The summed E-state index contributed by atoms with van der Waals surface area (Å²) in [5, 5.41) is 4.67. The quantitative estimate of drug-likeness (QED) is 0.701. The maximum atomic E-state index is 4.51. The molecule has 0 bridgehead atoms. The smallest absolute Gasteiger partial charge is 0.139 e. The van der Waals surface area contributed by atoms with Gasteiger partial charge in [-0.3, -0.25) is 0 Å². The molecular formula is C14H17N5. The third-order valence-electron chi connectivity index (χ3n) is 4.11. The molecule has 98 valence electrons. The van der Waals surface area contributed by atoms with Gasteiger partial charge in [-0.05, 0) is 32.4 Å². The summed E-state index contributed by atoms with van der Waals surface area (Å²) in [6.45, 7) is 3.32. The van der Waals surface area contributed by atoms with E-state index in [0.717, 1.165) is 30.6 Å². The van der Waals surface area contributed by atoms with Gasteiger partial charge in [0.1, 0.15) is 11.2 Å². The number of H-pyrrole nitrogens is 1. The molecule has 0 unspecified atom stereocenters. The Bertz CT molecular complexity index is 726. The number of hydrogen-bond acceptors (Lipinski definition) is 3. The predicted molar refractivity (Wildman–Crippen MR) is 75.1 cm³/mol. The first-order chi connectivity index (χ1) is 9.33. The highest BCUT2D eigenvalue weighted by Gasteiger charge is 2.22. The molecule has 1 aliphatic rings. The summed E-state index contributed by atoms with van der Waals surface area (Å²) < 4.78 is 2.34. The third-order valence-corrected chi connectivity index (χ3v) is 4.11. The van der Waals surface area contributed by atoms with Crippen LogP contribution in [0.2, 0.25) is 0 Å². The van der Waals surface area contributed by atoms with Gasteiger partial charge in [-0.15, -0.1) is 0 Å². The fourth-order valence-corrected chi connectivity index (χ4v) is 3.17. The maximum Gasteiger partial charge on any atom is 0.139 e. The van der Waals surface area contributed by atoms with Gasteiger partial charge in [-0.25, -0.2) is 9.97 Å². The molecule has 0 amide bonds. The van der Waals surface area contributed by atoms with Crippen LogP contribution in [-0.4, -0.2) is 32.1 Å².